The third kappa shape index (κ3) is 3.08. The van der Waals surface area contributed by atoms with Crippen LogP contribution in [0.5, 0.6) is 0 Å². The van der Waals surface area contributed by atoms with Gasteiger partial charge in [-0.3, -0.25) is 0 Å². The Morgan fingerprint density at radius 3 is 2.82 bits per heavy atom. The number of halogens is 1. The van der Waals surface area contributed by atoms with Gasteiger partial charge in [0.2, 0.25) is 0 Å². The molecule has 1 fully saturated rings. The minimum atomic E-state index is -0.261. The molecule has 1 unspecified atom stereocenters. The highest BCUT2D eigenvalue weighted by Gasteiger charge is 2.38. The molecule has 0 saturated carbocycles. The highest BCUT2D eigenvalue weighted by molar-refractivity contribution is 8.14. The van der Waals surface area contributed by atoms with Gasteiger partial charge in [0.05, 0.1) is 23.9 Å². The lowest BCUT2D eigenvalue weighted by atomic mass is 9.95. The molecule has 1 atom stereocenters. The molecule has 0 amide bonds. The number of esters is 1. The first-order valence-electron chi connectivity index (χ1n) is 7.13. The van der Waals surface area contributed by atoms with E-state index in [1.165, 1.54) is 0 Å². The first kappa shape index (κ1) is 17.1. The monoisotopic (exact) mass is 381 g/mol. The number of fused-ring (bicyclic) bond motifs is 1. The number of thioether (sulfide) groups is 1. The Morgan fingerprint density at radius 2 is 2.14 bits per heavy atom. The first-order chi connectivity index (χ1) is 10.2. The summed E-state index contributed by atoms with van der Waals surface area (Å²) in [4.78, 5) is 19.2. The molecule has 22 heavy (non-hydrogen) atoms. The summed E-state index contributed by atoms with van der Waals surface area (Å²) >= 11 is 1.75. The highest BCUT2D eigenvalue weighted by atomic mass is 79.9. The van der Waals surface area contributed by atoms with Crippen LogP contribution in [0, 0.1) is 0 Å². The standard InChI is InChI=1S/C16H18N2O2S.BrH/c1-3-20-15(19)13-11(2)17-16-18(9-10-21-16)14(13)12-7-5-4-6-8-12;/h4-8,14H,3,9-10H2,1-2H3;1H/p-1. The summed E-state index contributed by atoms with van der Waals surface area (Å²) in [7, 11) is 0. The fourth-order valence-corrected chi connectivity index (χ4v) is 3.79. The molecule has 1 aromatic rings. The van der Waals surface area contributed by atoms with Gasteiger partial charge in [0.25, 0.3) is 0 Å². The van der Waals surface area contributed by atoms with E-state index < -0.39 is 0 Å². The van der Waals surface area contributed by atoms with Crippen molar-refractivity contribution in [2.75, 3.05) is 18.9 Å². The lowest BCUT2D eigenvalue weighted by molar-refractivity contribution is -0.139. The van der Waals surface area contributed by atoms with E-state index in [-0.39, 0.29) is 29.0 Å². The molecule has 1 aromatic carbocycles. The molecule has 4 nitrogen and oxygen atoms in total. The van der Waals surface area contributed by atoms with E-state index in [2.05, 4.69) is 22.0 Å². The Bertz CT molecular complexity index is 616. The van der Waals surface area contributed by atoms with Gasteiger partial charge in [-0.15, -0.1) is 0 Å². The zero-order valence-electron chi connectivity index (χ0n) is 12.6. The maximum atomic E-state index is 12.4. The highest BCUT2D eigenvalue weighted by Crippen LogP contribution is 2.40. The number of rotatable bonds is 3. The van der Waals surface area contributed by atoms with Crippen LogP contribution in [0.15, 0.2) is 46.6 Å². The fourth-order valence-electron chi connectivity index (χ4n) is 2.76. The molecule has 6 heteroatoms. The molecular formula is C16H18BrN2O2S-. The Labute approximate surface area is 145 Å². The van der Waals surface area contributed by atoms with Crippen LogP contribution in [0.2, 0.25) is 0 Å². The third-order valence-corrected chi connectivity index (χ3v) is 4.63. The Morgan fingerprint density at radius 1 is 1.41 bits per heavy atom. The topological polar surface area (TPSA) is 41.9 Å². The van der Waals surface area contributed by atoms with Gasteiger partial charge < -0.3 is 26.6 Å². The van der Waals surface area contributed by atoms with E-state index in [1.807, 2.05) is 32.0 Å². The predicted molar refractivity (Wildman–Crippen MR) is 85.1 cm³/mol. The fraction of sp³-hybridized carbons (Fsp3) is 0.375. The molecule has 3 rings (SSSR count). The number of nitrogens with zero attached hydrogens (tertiary/aromatic N) is 2. The van der Waals surface area contributed by atoms with Gasteiger partial charge in [-0.2, -0.15) is 0 Å². The predicted octanol–water partition coefficient (Wildman–Crippen LogP) is -0.0128. The third-order valence-electron chi connectivity index (χ3n) is 3.66. The SMILES string of the molecule is CCOC(=O)C1=C(C)N=C2SCCN2C1c1ccccc1.[Br-]. The van der Waals surface area contributed by atoms with E-state index >= 15 is 0 Å². The summed E-state index contributed by atoms with van der Waals surface area (Å²) < 4.78 is 5.25. The number of carbonyl (C=O) groups is 1. The molecule has 2 aliphatic heterocycles. The van der Waals surface area contributed by atoms with E-state index in [0.717, 1.165) is 28.7 Å². The average Bonchev–Trinajstić information content (AvgIpc) is 2.94. The molecule has 2 aliphatic rings. The molecule has 0 bridgehead atoms. The largest absolute Gasteiger partial charge is 1.00 e. The van der Waals surface area contributed by atoms with Crippen molar-refractivity contribution in [1.29, 1.82) is 0 Å². The maximum absolute atomic E-state index is 12.4. The Hall–Kier alpha value is -1.27. The molecular weight excluding hydrogens is 364 g/mol. The van der Waals surface area contributed by atoms with Gasteiger partial charge in [-0.05, 0) is 19.4 Å². The Kier molecular flexibility index (Phi) is 5.69. The van der Waals surface area contributed by atoms with Crippen molar-refractivity contribution in [3.8, 4) is 0 Å². The van der Waals surface area contributed by atoms with Gasteiger partial charge in [-0.25, -0.2) is 9.79 Å². The lowest BCUT2D eigenvalue weighted by Gasteiger charge is -2.34. The van der Waals surface area contributed by atoms with Crippen LogP contribution in [-0.4, -0.2) is 34.9 Å². The van der Waals surface area contributed by atoms with Crippen LogP contribution in [0.1, 0.15) is 25.5 Å². The van der Waals surface area contributed by atoms with E-state index in [9.17, 15) is 4.79 Å². The summed E-state index contributed by atoms with van der Waals surface area (Å²) in [5.41, 5.74) is 2.53. The molecule has 0 radical (unpaired) electrons. The van der Waals surface area contributed by atoms with Crippen LogP contribution in [0.25, 0.3) is 0 Å². The molecule has 118 valence electrons. The summed E-state index contributed by atoms with van der Waals surface area (Å²) in [6, 6.07) is 10.0. The minimum Gasteiger partial charge on any atom is -1.00 e. The summed E-state index contributed by atoms with van der Waals surface area (Å²) in [6.45, 7) is 5.00. The van der Waals surface area contributed by atoms with Crippen molar-refractivity contribution >= 4 is 22.9 Å². The van der Waals surface area contributed by atoms with Gasteiger partial charge in [0, 0.05) is 12.3 Å². The van der Waals surface area contributed by atoms with Gasteiger partial charge in [0.15, 0.2) is 5.17 Å². The van der Waals surface area contributed by atoms with Crippen LogP contribution in [0.3, 0.4) is 0 Å². The number of benzene rings is 1. The molecule has 0 aromatic heterocycles. The van der Waals surface area contributed by atoms with Crippen LogP contribution < -0.4 is 17.0 Å². The lowest BCUT2D eigenvalue weighted by Crippen LogP contribution is -3.00. The van der Waals surface area contributed by atoms with Crippen LogP contribution in [0.4, 0.5) is 0 Å². The molecule has 0 spiro atoms. The summed E-state index contributed by atoms with van der Waals surface area (Å²) in [6.07, 6.45) is 0. The molecule has 0 N–H and O–H groups in total. The van der Waals surface area contributed by atoms with Crippen molar-refractivity contribution < 1.29 is 26.5 Å². The number of hydrogen-bond donors (Lipinski definition) is 0. The number of ether oxygens (including phenoxy) is 1. The first-order valence-corrected chi connectivity index (χ1v) is 8.12. The van der Waals surface area contributed by atoms with E-state index in [0.29, 0.717) is 12.2 Å². The zero-order chi connectivity index (χ0) is 14.8. The zero-order valence-corrected chi connectivity index (χ0v) is 15.0. The van der Waals surface area contributed by atoms with Crippen molar-refractivity contribution in [1.82, 2.24) is 4.90 Å². The average molecular weight is 382 g/mol. The van der Waals surface area contributed by atoms with Crippen LogP contribution in [-0.2, 0) is 9.53 Å². The summed E-state index contributed by atoms with van der Waals surface area (Å²) in [5.74, 6) is 0.745. The van der Waals surface area contributed by atoms with Crippen LogP contribution >= 0.6 is 11.8 Å². The normalized spacial score (nSPS) is 20.2. The molecule has 1 saturated heterocycles. The van der Waals surface area contributed by atoms with Crippen molar-refractivity contribution in [3.05, 3.63) is 47.2 Å². The van der Waals surface area contributed by atoms with E-state index in [1.54, 1.807) is 11.8 Å². The second-order valence-electron chi connectivity index (χ2n) is 4.97. The number of amidine groups is 1. The second-order valence-corrected chi connectivity index (χ2v) is 6.03. The Balaban J connectivity index is 0.00000176. The quantitative estimate of drug-likeness (QED) is 0.690. The second kappa shape index (κ2) is 7.33. The number of carbonyl (C=O) groups excluding carboxylic acids is 1. The van der Waals surface area contributed by atoms with E-state index in [4.69, 9.17) is 4.74 Å². The molecule has 0 aliphatic carbocycles. The minimum absolute atomic E-state index is 0. The van der Waals surface area contributed by atoms with Gasteiger partial charge in [-0.1, -0.05) is 42.1 Å². The van der Waals surface area contributed by atoms with Crippen molar-refractivity contribution in [2.24, 2.45) is 4.99 Å². The number of allylic oxidation sites excluding steroid dienone is 1. The maximum Gasteiger partial charge on any atom is 0.338 e. The van der Waals surface area contributed by atoms with Crippen molar-refractivity contribution in [3.63, 3.8) is 0 Å². The smallest absolute Gasteiger partial charge is 0.338 e. The molecule has 2 heterocycles. The van der Waals surface area contributed by atoms with Gasteiger partial charge in [0.1, 0.15) is 0 Å². The number of hydrogen-bond acceptors (Lipinski definition) is 5. The number of aliphatic imine (C=N–C) groups is 1. The van der Waals surface area contributed by atoms with Gasteiger partial charge >= 0.3 is 5.97 Å². The summed E-state index contributed by atoms with van der Waals surface area (Å²) in [5, 5.41) is 1.01. The van der Waals surface area contributed by atoms with Crippen molar-refractivity contribution in [2.45, 2.75) is 19.9 Å².